The van der Waals surface area contributed by atoms with E-state index in [1.54, 1.807) is 12.3 Å². The lowest BCUT2D eigenvalue weighted by atomic mass is 10.1. The van der Waals surface area contributed by atoms with Crippen molar-refractivity contribution < 1.29 is 0 Å². The molecule has 3 heteroatoms. The van der Waals surface area contributed by atoms with E-state index in [1.165, 1.54) is 6.07 Å². The summed E-state index contributed by atoms with van der Waals surface area (Å²) in [6.07, 6.45) is 3.89. The molecule has 0 atom stereocenters. The Morgan fingerprint density at radius 3 is 2.54 bits per heavy atom. The molecule has 0 aliphatic heterocycles. The van der Waals surface area contributed by atoms with Gasteiger partial charge in [0.2, 0.25) is 5.56 Å². The predicted molar refractivity (Wildman–Crippen MR) is 55.1 cm³/mol. The number of aromatic amines is 1. The molecule has 0 fully saturated rings. The van der Waals surface area contributed by atoms with Gasteiger partial charge in [-0.05, 0) is 18.9 Å². The fourth-order valence-corrected chi connectivity index (χ4v) is 1.23. The monoisotopic (exact) mass is 180 g/mol. The first kappa shape index (κ1) is 9.84. The van der Waals surface area contributed by atoms with Crippen molar-refractivity contribution in [3.63, 3.8) is 0 Å². The van der Waals surface area contributed by atoms with Crippen molar-refractivity contribution in [3.8, 4) is 0 Å². The lowest BCUT2D eigenvalue weighted by Gasteiger charge is -2.15. The van der Waals surface area contributed by atoms with Crippen LogP contribution in [0.3, 0.4) is 0 Å². The van der Waals surface area contributed by atoms with Crippen molar-refractivity contribution in [2.24, 2.45) is 0 Å². The normalized spacial score (nSPS) is 10.4. The number of pyridine rings is 1. The number of anilines is 1. The molecule has 1 aromatic heterocycles. The maximum atomic E-state index is 10.8. The fourth-order valence-electron chi connectivity index (χ4n) is 1.23. The second kappa shape index (κ2) is 4.70. The Morgan fingerprint density at radius 2 is 2.08 bits per heavy atom. The molecule has 13 heavy (non-hydrogen) atoms. The fraction of sp³-hybridized carbons (Fsp3) is 0.500. The van der Waals surface area contributed by atoms with Gasteiger partial charge in [0.1, 0.15) is 0 Å². The van der Waals surface area contributed by atoms with Crippen LogP contribution in [0.15, 0.2) is 23.1 Å². The van der Waals surface area contributed by atoms with Gasteiger partial charge in [-0.2, -0.15) is 0 Å². The Morgan fingerprint density at radius 1 is 1.38 bits per heavy atom. The number of H-pyrrole nitrogens is 1. The topological polar surface area (TPSA) is 44.9 Å². The van der Waals surface area contributed by atoms with Crippen LogP contribution >= 0.6 is 0 Å². The molecule has 0 aliphatic rings. The minimum Gasteiger partial charge on any atom is -0.381 e. The summed E-state index contributed by atoms with van der Waals surface area (Å²) < 4.78 is 0. The van der Waals surface area contributed by atoms with E-state index in [2.05, 4.69) is 24.1 Å². The first-order valence-electron chi connectivity index (χ1n) is 4.71. The average Bonchev–Trinajstić information content (AvgIpc) is 2.17. The maximum absolute atomic E-state index is 10.8. The van der Waals surface area contributed by atoms with Crippen LogP contribution < -0.4 is 10.9 Å². The average molecular weight is 180 g/mol. The highest BCUT2D eigenvalue weighted by atomic mass is 16.1. The van der Waals surface area contributed by atoms with Gasteiger partial charge >= 0.3 is 0 Å². The van der Waals surface area contributed by atoms with Crippen LogP contribution in [0.1, 0.15) is 26.7 Å². The summed E-state index contributed by atoms with van der Waals surface area (Å²) in [5.41, 5.74) is 0.920. The Kier molecular flexibility index (Phi) is 3.55. The molecule has 1 heterocycles. The molecule has 0 amide bonds. The summed E-state index contributed by atoms with van der Waals surface area (Å²) in [6.45, 7) is 4.29. The molecule has 0 bridgehead atoms. The van der Waals surface area contributed by atoms with Gasteiger partial charge in [0.25, 0.3) is 0 Å². The predicted octanol–water partition coefficient (Wildman–Crippen LogP) is 1.98. The molecule has 0 saturated heterocycles. The van der Waals surface area contributed by atoms with Gasteiger partial charge in [-0.1, -0.05) is 13.8 Å². The highest BCUT2D eigenvalue weighted by Gasteiger charge is 2.01. The summed E-state index contributed by atoms with van der Waals surface area (Å²) >= 11 is 0. The quantitative estimate of drug-likeness (QED) is 0.744. The van der Waals surface area contributed by atoms with Crippen LogP contribution in [0.4, 0.5) is 5.69 Å². The minimum atomic E-state index is -0.0601. The van der Waals surface area contributed by atoms with Crippen molar-refractivity contribution >= 4 is 5.69 Å². The van der Waals surface area contributed by atoms with Crippen LogP contribution in [0.25, 0.3) is 0 Å². The summed E-state index contributed by atoms with van der Waals surface area (Å²) in [5.74, 6) is 0. The zero-order valence-electron chi connectivity index (χ0n) is 8.13. The molecule has 0 unspecified atom stereocenters. The SMILES string of the molecule is CCC(CC)Nc1ccc(=O)[nH]c1. The number of rotatable bonds is 4. The third kappa shape index (κ3) is 2.93. The Hall–Kier alpha value is -1.25. The molecule has 1 aromatic rings. The zero-order chi connectivity index (χ0) is 9.68. The number of aromatic nitrogens is 1. The van der Waals surface area contributed by atoms with Gasteiger partial charge in [-0.25, -0.2) is 0 Å². The van der Waals surface area contributed by atoms with Crippen LogP contribution in [0.2, 0.25) is 0 Å². The number of hydrogen-bond donors (Lipinski definition) is 2. The van der Waals surface area contributed by atoms with E-state index in [0.717, 1.165) is 18.5 Å². The highest BCUT2D eigenvalue weighted by Crippen LogP contribution is 2.07. The van der Waals surface area contributed by atoms with Crippen molar-refractivity contribution in [1.82, 2.24) is 4.98 Å². The zero-order valence-corrected chi connectivity index (χ0v) is 8.13. The van der Waals surface area contributed by atoms with E-state index in [9.17, 15) is 4.79 Å². The van der Waals surface area contributed by atoms with Crippen molar-refractivity contribution in [3.05, 3.63) is 28.7 Å². The molecular weight excluding hydrogens is 164 g/mol. The molecule has 0 radical (unpaired) electrons. The van der Waals surface area contributed by atoms with Crippen molar-refractivity contribution in [2.45, 2.75) is 32.7 Å². The lowest BCUT2D eigenvalue weighted by Crippen LogP contribution is -2.17. The van der Waals surface area contributed by atoms with E-state index in [0.29, 0.717) is 6.04 Å². The van der Waals surface area contributed by atoms with E-state index < -0.39 is 0 Å². The highest BCUT2D eigenvalue weighted by molar-refractivity contribution is 5.40. The van der Waals surface area contributed by atoms with Gasteiger partial charge in [-0.15, -0.1) is 0 Å². The smallest absolute Gasteiger partial charge is 0.248 e. The van der Waals surface area contributed by atoms with Gasteiger partial charge in [0, 0.05) is 18.3 Å². The second-order valence-electron chi connectivity index (χ2n) is 3.10. The summed E-state index contributed by atoms with van der Waals surface area (Å²) in [5, 5.41) is 3.34. The second-order valence-corrected chi connectivity index (χ2v) is 3.10. The van der Waals surface area contributed by atoms with E-state index in [1.807, 2.05) is 0 Å². The molecule has 2 N–H and O–H groups in total. The first-order valence-corrected chi connectivity index (χ1v) is 4.71. The molecule has 0 saturated carbocycles. The van der Waals surface area contributed by atoms with Crippen LogP contribution in [-0.2, 0) is 0 Å². The van der Waals surface area contributed by atoms with Crippen molar-refractivity contribution in [1.29, 1.82) is 0 Å². The molecule has 1 rings (SSSR count). The van der Waals surface area contributed by atoms with Gasteiger partial charge < -0.3 is 10.3 Å². The molecular formula is C10H16N2O. The summed E-state index contributed by atoms with van der Waals surface area (Å²) in [6, 6.07) is 3.83. The maximum Gasteiger partial charge on any atom is 0.248 e. The first-order chi connectivity index (χ1) is 6.26. The van der Waals surface area contributed by atoms with E-state index >= 15 is 0 Å². The Balaban J connectivity index is 2.63. The molecule has 72 valence electrons. The van der Waals surface area contributed by atoms with Crippen LogP contribution in [0, 0.1) is 0 Å². The molecule has 3 nitrogen and oxygen atoms in total. The third-order valence-electron chi connectivity index (χ3n) is 2.14. The Bertz CT molecular complexity index is 282. The Labute approximate surface area is 78.2 Å². The lowest BCUT2D eigenvalue weighted by molar-refractivity contribution is 0.671. The van der Waals surface area contributed by atoms with Crippen LogP contribution in [0.5, 0.6) is 0 Å². The molecule has 0 spiro atoms. The van der Waals surface area contributed by atoms with E-state index in [-0.39, 0.29) is 5.56 Å². The molecule has 0 aliphatic carbocycles. The van der Waals surface area contributed by atoms with Gasteiger partial charge in [0.05, 0.1) is 5.69 Å². The summed E-state index contributed by atoms with van der Waals surface area (Å²) in [4.78, 5) is 13.4. The largest absolute Gasteiger partial charge is 0.381 e. The third-order valence-corrected chi connectivity index (χ3v) is 2.14. The van der Waals surface area contributed by atoms with Gasteiger partial charge in [0.15, 0.2) is 0 Å². The van der Waals surface area contributed by atoms with Gasteiger partial charge in [-0.3, -0.25) is 4.79 Å². The minimum absolute atomic E-state index is 0.0601. The number of hydrogen-bond acceptors (Lipinski definition) is 2. The number of nitrogens with one attached hydrogen (secondary N) is 2. The van der Waals surface area contributed by atoms with Crippen LogP contribution in [-0.4, -0.2) is 11.0 Å². The molecule has 0 aromatic carbocycles. The standard InChI is InChI=1S/C10H16N2O/c1-3-8(4-2)12-9-5-6-10(13)11-7-9/h5-8,12H,3-4H2,1-2H3,(H,11,13). The summed E-state index contributed by atoms with van der Waals surface area (Å²) in [7, 11) is 0. The van der Waals surface area contributed by atoms with Crippen molar-refractivity contribution in [2.75, 3.05) is 5.32 Å². The van der Waals surface area contributed by atoms with E-state index in [4.69, 9.17) is 0 Å².